The van der Waals surface area contributed by atoms with Gasteiger partial charge < -0.3 is 15.8 Å². The summed E-state index contributed by atoms with van der Waals surface area (Å²) in [5.41, 5.74) is 9.77. The first-order valence-electron chi connectivity index (χ1n) is 12.2. The van der Waals surface area contributed by atoms with Gasteiger partial charge in [-0.05, 0) is 75.1 Å². The van der Waals surface area contributed by atoms with Crippen LogP contribution in [0.1, 0.15) is 80.0 Å². The van der Waals surface area contributed by atoms with Gasteiger partial charge in [0.25, 0.3) is 0 Å². The maximum Gasteiger partial charge on any atom is 0.407 e. The number of amides is 1. The molecule has 184 valence electrons. The van der Waals surface area contributed by atoms with Gasteiger partial charge in [-0.25, -0.2) is 13.2 Å². The summed E-state index contributed by atoms with van der Waals surface area (Å²) in [5, 5.41) is 1.73. The number of nitrogens with two attached hydrogens (primary N) is 1. The summed E-state index contributed by atoms with van der Waals surface area (Å²) in [7, 11) is -3.42. The van der Waals surface area contributed by atoms with Gasteiger partial charge in [-0.1, -0.05) is 55.0 Å². The molecular weight excluding hydrogens is 448 g/mol. The molecule has 0 aliphatic heterocycles. The number of alkyl carbamates (subject to hydrolysis) is 1. The average molecular weight is 485 g/mol. The third-order valence-electron chi connectivity index (χ3n) is 6.98. The normalized spacial score (nSPS) is 21.8. The number of nitrogens with one attached hydrogen (secondary N) is 1. The van der Waals surface area contributed by atoms with Crippen LogP contribution in [0.25, 0.3) is 0 Å². The van der Waals surface area contributed by atoms with Gasteiger partial charge in [0.05, 0.1) is 5.25 Å². The van der Waals surface area contributed by atoms with E-state index in [0.29, 0.717) is 18.4 Å². The Morgan fingerprint density at radius 1 is 1.12 bits per heavy atom. The molecule has 0 bridgehead atoms. The lowest BCUT2D eigenvalue weighted by molar-refractivity contribution is 0.0491. The topological polar surface area (TPSA) is 98.5 Å². The van der Waals surface area contributed by atoms with Crippen LogP contribution in [0.5, 0.6) is 0 Å². The highest BCUT2D eigenvalue weighted by molar-refractivity contribution is 7.92. The van der Waals surface area contributed by atoms with E-state index in [1.54, 1.807) is 0 Å². The highest BCUT2D eigenvalue weighted by Crippen LogP contribution is 2.38. The molecule has 2 aliphatic rings. The maximum atomic E-state index is 13.0. The number of fused-ring (bicyclic) bond motifs is 1. The molecule has 1 amide bonds. The minimum Gasteiger partial charge on any atom is -0.444 e. The van der Waals surface area contributed by atoms with Crippen LogP contribution in [-0.4, -0.2) is 31.4 Å². The van der Waals surface area contributed by atoms with E-state index in [1.165, 1.54) is 5.56 Å². The third-order valence-corrected chi connectivity index (χ3v) is 9.36. The van der Waals surface area contributed by atoms with Gasteiger partial charge in [0.1, 0.15) is 11.0 Å². The van der Waals surface area contributed by atoms with E-state index in [1.807, 2.05) is 57.2 Å². The zero-order valence-corrected chi connectivity index (χ0v) is 21.1. The minimum absolute atomic E-state index is 0.0165. The second-order valence-electron chi connectivity index (χ2n) is 10.6. The van der Waals surface area contributed by atoms with Crippen LogP contribution in [0.2, 0.25) is 0 Å². The van der Waals surface area contributed by atoms with Gasteiger partial charge in [-0.2, -0.15) is 0 Å². The molecular formula is C27H36N2O4S. The molecule has 0 saturated heterocycles. The molecule has 7 heteroatoms. The van der Waals surface area contributed by atoms with Crippen molar-refractivity contribution < 1.29 is 17.9 Å². The first-order chi connectivity index (χ1) is 16.0. The summed E-state index contributed by atoms with van der Waals surface area (Å²) in [6, 6.07) is 15.9. The number of benzene rings is 2. The van der Waals surface area contributed by atoms with Gasteiger partial charge in [0.2, 0.25) is 0 Å². The first-order valence-corrected chi connectivity index (χ1v) is 13.8. The molecule has 4 rings (SSSR count). The lowest BCUT2D eigenvalue weighted by Gasteiger charge is -2.36. The summed E-state index contributed by atoms with van der Waals surface area (Å²) >= 11 is 0. The van der Waals surface area contributed by atoms with Crippen molar-refractivity contribution >= 4 is 15.9 Å². The predicted octanol–water partition coefficient (Wildman–Crippen LogP) is 4.78. The number of hydrogen-bond donors (Lipinski definition) is 2. The summed E-state index contributed by atoms with van der Waals surface area (Å²) in [5.74, 6) is -0.0165. The standard InChI is InChI=1S/C27H36N2O4S/c1-27(2,3)33-26(30)29-24-15-14-19-12-13-20(25(28)34(31,32)21-10-7-11-21)17-22(19)23(24)16-18-8-5-4-6-9-18/h4-6,8-9,12-13,17,21,23-25H,7,10-11,14-16,28H2,1-3H3,(H,29,30). The average Bonchev–Trinajstić information content (AvgIpc) is 2.72. The molecule has 3 unspecified atom stereocenters. The second kappa shape index (κ2) is 9.70. The van der Waals surface area contributed by atoms with Crippen molar-refractivity contribution in [3.8, 4) is 0 Å². The molecule has 2 aliphatic carbocycles. The van der Waals surface area contributed by atoms with Gasteiger partial charge in [0.15, 0.2) is 9.84 Å². The predicted molar refractivity (Wildman–Crippen MR) is 134 cm³/mol. The fourth-order valence-corrected chi connectivity index (χ4v) is 6.87. The Kier molecular flexibility index (Phi) is 7.06. The fraction of sp³-hybridized carbons (Fsp3) is 0.519. The van der Waals surface area contributed by atoms with E-state index in [-0.39, 0.29) is 17.2 Å². The largest absolute Gasteiger partial charge is 0.444 e. The lowest BCUT2D eigenvalue weighted by atomic mass is 9.75. The molecule has 2 aromatic rings. The number of carbonyl (C=O) groups excluding carboxylic acids is 1. The van der Waals surface area contributed by atoms with Gasteiger partial charge in [-0.15, -0.1) is 0 Å². The Hall–Kier alpha value is -2.38. The van der Waals surface area contributed by atoms with Crippen molar-refractivity contribution in [2.75, 3.05) is 0 Å². The zero-order chi connectivity index (χ0) is 24.5. The van der Waals surface area contributed by atoms with Crippen molar-refractivity contribution in [1.29, 1.82) is 0 Å². The van der Waals surface area contributed by atoms with E-state index >= 15 is 0 Å². The summed E-state index contributed by atoms with van der Waals surface area (Å²) < 4.78 is 31.5. The Morgan fingerprint density at radius 2 is 1.82 bits per heavy atom. The Bertz CT molecular complexity index is 1120. The Labute approximate surface area is 203 Å². The Balaban J connectivity index is 1.66. The SMILES string of the molecule is CC(C)(C)OC(=O)NC1CCc2ccc(C(N)S(=O)(=O)C3CCC3)cc2C1Cc1ccccc1. The van der Waals surface area contributed by atoms with E-state index in [0.717, 1.165) is 36.8 Å². The summed E-state index contributed by atoms with van der Waals surface area (Å²) in [6.45, 7) is 5.54. The monoisotopic (exact) mass is 484 g/mol. The zero-order valence-electron chi connectivity index (χ0n) is 20.3. The second-order valence-corrected chi connectivity index (χ2v) is 13.0. The molecule has 0 aromatic heterocycles. The van der Waals surface area contributed by atoms with Crippen LogP contribution < -0.4 is 11.1 Å². The van der Waals surface area contributed by atoms with E-state index in [4.69, 9.17) is 10.5 Å². The molecule has 1 fully saturated rings. The van der Waals surface area contributed by atoms with Crippen molar-refractivity contribution in [2.24, 2.45) is 5.73 Å². The van der Waals surface area contributed by atoms with Crippen LogP contribution in [0.3, 0.4) is 0 Å². The molecule has 2 aromatic carbocycles. The molecule has 6 nitrogen and oxygen atoms in total. The Morgan fingerprint density at radius 3 is 2.44 bits per heavy atom. The maximum absolute atomic E-state index is 13.0. The smallest absolute Gasteiger partial charge is 0.407 e. The van der Waals surface area contributed by atoms with Crippen molar-refractivity contribution in [1.82, 2.24) is 5.32 Å². The number of rotatable bonds is 6. The quantitative estimate of drug-likeness (QED) is 0.615. The van der Waals surface area contributed by atoms with Crippen LogP contribution >= 0.6 is 0 Å². The molecule has 34 heavy (non-hydrogen) atoms. The van der Waals surface area contributed by atoms with Gasteiger partial charge >= 0.3 is 6.09 Å². The molecule has 0 radical (unpaired) electrons. The van der Waals surface area contributed by atoms with Crippen LogP contribution in [-0.2, 0) is 27.4 Å². The van der Waals surface area contributed by atoms with Crippen molar-refractivity contribution in [3.05, 3.63) is 70.8 Å². The fourth-order valence-electron chi connectivity index (χ4n) is 4.94. The molecule has 3 atom stereocenters. The summed E-state index contributed by atoms with van der Waals surface area (Å²) in [4.78, 5) is 12.6. The number of sulfone groups is 1. The van der Waals surface area contributed by atoms with Gasteiger partial charge in [-0.3, -0.25) is 0 Å². The molecule has 0 spiro atoms. The van der Waals surface area contributed by atoms with Crippen molar-refractivity contribution in [2.45, 2.75) is 87.5 Å². The van der Waals surface area contributed by atoms with E-state index < -0.39 is 26.9 Å². The van der Waals surface area contributed by atoms with E-state index in [9.17, 15) is 13.2 Å². The van der Waals surface area contributed by atoms with Crippen LogP contribution in [0, 0.1) is 0 Å². The number of hydrogen-bond acceptors (Lipinski definition) is 5. The molecule has 3 N–H and O–H groups in total. The first kappa shape index (κ1) is 24.7. The van der Waals surface area contributed by atoms with E-state index in [2.05, 4.69) is 17.4 Å². The highest BCUT2D eigenvalue weighted by Gasteiger charge is 2.38. The van der Waals surface area contributed by atoms with Crippen molar-refractivity contribution in [3.63, 3.8) is 0 Å². The number of aryl methyl sites for hydroxylation is 1. The van der Waals surface area contributed by atoms with Crippen LogP contribution in [0.15, 0.2) is 48.5 Å². The third kappa shape index (κ3) is 5.47. The minimum atomic E-state index is -3.42. The van der Waals surface area contributed by atoms with Crippen LogP contribution in [0.4, 0.5) is 4.79 Å². The molecule has 0 heterocycles. The molecule has 1 saturated carbocycles. The van der Waals surface area contributed by atoms with Gasteiger partial charge in [0, 0.05) is 12.0 Å². The lowest BCUT2D eigenvalue weighted by Crippen LogP contribution is -2.45. The number of carbonyl (C=O) groups is 1. The highest BCUT2D eigenvalue weighted by atomic mass is 32.2. The summed E-state index contributed by atoms with van der Waals surface area (Å²) in [6.07, 6.45) is 4.21. The number of ether oxygens (including phenoxy) is 1.